The predicted octanol–water partition coefficient (Wildman–Crippen LogP) is 2.95. The Morgan fingerprint density at radius 3 is 2.20 bits per heavy atom. The number of rotatable bonds is 16. The zero-order chi connectivity index (χ0) is 18.8. The van der Waals surface area contributed by atoms with Crippen LogP contribution in [0.25, 0.3) is 0 Å². The smallest absolute Gasteiger partial charge is 0.329 e. The number of hydrogen-bond acceptors (Lipinski definition) is 4. The van der Waals surface area contributed by atoms with Gasteiger partial charge in [-0.1, -0.05) is 31.4 Å². The lowest BCUT2D eigenvalue weighted by Gasteiger charge is -2.13. The summed E-state index contributed by atoms with van der Waals surface area (Å²) in [5, 5.41) is 10.8. The number of amides is 3. The number of allylic oxidation sites excluding steroid dienone is 2. The van der Waals surface area contributed by atoms with E-state index >= 15 is 0 Å². The molecular weight excluding hydrogens is 324 g/mol. The standard InChI is InChI=1S/C18H32N2O5/c1-19-18(24)20(16-21)13-11-9-7-5-3-2-4-6-8-10-12-14-25-15-17(22)23/h3,5,16H,2,4,6-15H2,1H3,(H,19,24)(H,22,23)/b5-3-. The van der Waals surface area contributed by atoms with E-state index in [9.17, 15) is 14.4 Å². The predicted molar refractivity (Wildman–Crippen MR) is 96.4 cm³/mol. The molecule has 0 spiro atoms. The number of nitrogens with zero attached hydrogens (tertiary/aromatic N) is 1. The minimum absolute atomic E-state index is 0.205. The second kappa shape index (κ2) is 17.0. The highest BCUT2D eigenvalue weighted by atomic mass is 16.5. The lowest BCUT2D eigenvalue weighted by atomic mass is 10.1. The van der Waals surface area contributed by atoms with Gasteiger partial charge in [0.15, 0.2) is 0 Å². The molecular formula is C18H32N2O5. The summed E-state index contributed by atoms with van der Waals surface area (Å²) in [6, 6.07) is -0.362. The number of carbonyl (C=O) groups is 3. The third-order valence-corrected chi connectivity index (χ3v) is 3.67. The molecule has 0 saturated carbocycles. The molecule has 0 aliphatic rings. The largest absolute Gasteiger partial charge is 0.480 e. The van der Waals surface area contributed by atoms with Crippen molar-refractivity contribution in [1.29, 1.82) is 0 Å². The summed E-state index contributed by atoms with van der Waals surface area (Å²) in [7, 11) is 1.51. The summed E-state index contributed by atoms with van der Waals surface area (Å²) in [6.45, 7) is 0.768. The maximum absolute atomic E-state index is 11.3. The molecule has 2 N–H and O–H groups in total. The Bertz CT molecular complexity index is 399. The molecule has 0 radical (unpaired) electrons. The highest BCUT2D eigenvalue weighted by Crippen LogP contribution is 2.07. The Balaban J connectivity index is 3.34. The van der Waals surface area contributed by atoms with Crippen LogP contribution in [-0.2, 0) is 14.3 Å². The first-order chi connectivity index (χ1) is 12.1. The maximum Gasteiger partial charge on any atom is 0.329 e. The first kappa shape index (κ1) is 23.1. The number of unbranched alkanes of at least 4 members (excludes halogenated alkanes) is 7. The minimum Gasteiger partial charge on any atom is -0.480 e. The normalized spacial score (nSPS) is 10.8. The molecule has 144 valence electrons. The van der Waals surface area contributed by atoms with Crippen LogP contribution in [0.3, 0.4) is 0 Å². The van der Waals surface area contributed by atoms with Crippen LogP contribution in [0.5, 0.6) is 0 Å². The van der Waals surface area contributed by atoms with Crippen LogP contribution in [-0.4, -0.2) is 55.2 Å². The molecule has 0 heterocycles. The number of nitrogens with one attached hydrogen (secondary N) is 1. The van der Waals surface area contributed by atoms with E-state index in [4.69, 9.17) is 9.84 Å². The van der Waals surface area contributed by atoms with E-state index in [1.54, 1.807) is 0 Å². The van der Waals surface area contributed by atoms with Crippen LogP contribution in [0.2, 0.25) is 0 Å². The lowest BCUT2D eigenvalue weighted by Crippen LogP contribution is -2.37. The Morgan fingerprint density at radius 1 is 1.00 bits per heavy atom. The molecule has 0 saturated heterocycles. The van der Waals surface area contributed by atoms with Gasteiger partial charge in [-0.3, -0.25) is 9.69 Å². The van der Waals surface area contributed by atoms with Crippen molar-refractivity contribution in [3.8, 4) is 0 Å². The van der Waals surface area contributed by atoms with E-state index < -0.39 is 5.97 Å². The SMILES string of the molecule is CNC(=O)N(C=O)CCCC/C=C\CCCCCCCOCC(=O)O. The Morgan fingerprint density at radius 2 is 1.60 bits per heavy atom. The van der Waals surface area contributed by atoms with Crippen molar-refractivity contribution in [2.75, 3.05) is 26.8 Å². The number of urea groups is 1. The fourth-order valence-electron chi connectivity index (χ4n) is 2.28. The highest BCUT2D eigenvalue weighted by Gasteiger charge is 2.08. The van der Waals surface area contributed by atoms with Gasteiger partial charge in [0.25, 0.3) is 0 Å². The fraction of sp³-hybridized carbons (Fsp3) is 0.722. The van der Waals surface area contributed by atoms with Crippen LogP contribution in [0.1, 0.15) is 57.8 Å². The fourth-order valence-corrected chi connectivity index (χ4v) is 2.28. The molecule has 0 rings (SSSR count). The summed E-state index contributed by atoms with van der Waals surface area (Å²) < 4.78 is 4.97. The molecule has 0 unspecified atom stereocenters. The summed E-state index contributed by atoms with van der Waals surface area (Å²) >= 11 is 0. The zero-order valence-corrected chi connectivity index (χ0v) is 15.2. The average Bonchev–Trinajstić information content (AvgIpc) is 2.60. The van der Waals surface area contributed by atoms with Gasteiger partial charge in [-0.2, -0.15) is 0 Å². The first-order valence-electron chi connectivity index (χ1n) is 9.00. The maximum atomic E-state index is 11.3. The van der Waals surface area contributed by atoms with Crippen molar-refractivity contribution in [1.82, 2.24) is 10.2 Å². The Kier molecular flexibility index (Phi) is 15.7. The van der Waals surface area contributed by atoms with Crippen molar-refractivity contribution >= 4 is 18.4 Å². The number of imide groups is 1. The molecule has 25 heavy (non-hydrogen) atoms. The van der Waals surface area contributed by atoms with Crippen molar-refractivity contribution in [3.05, 3.63) is 12.2 Å². The Hall–Kier alpha value is -1.89. The van der Waals surface area contributed by atoms with E-state index in [0.29, 0.717) is 19.6 Å². The molecule has 0 aliphatic carbocycles. The van der Waals surface area contributed by atoms with Crippen molar-refractivity contribution in [2.24, 2.45) is 0 Å². The monoisotopic (exact) mass is 356 g/mol. The van der Waals surface area contributed by atoms with E-state index in [-0.39, 0.29) is 12.6 Å². The third kappa shape index (κ3) is 15.4. The third-order valence-electron chi connectivity index (χ3n) is 3.67. The van der Waals surface area contributed by atoms with Gasteiger partial charge < -0.3 is 15.2 Å². The summed E-state index contributed by atoms with van der Waals surface area (Å²) in [5.41, 5.74) is 0. The topological polar surface area (TPSA) is 95.9 Å². The van der Waals surface area contributed by atoms with Gasteiger partial charge in [0.1, 0.15) is 6.61 Å². The van der Waals surface area contributed by atoms with Gasteiger partial charge in [0.05, 0.1) is 0 Å². The molecule has 0 fully saturated rings. The molecule has 0 aromatic heterocycles. The van der Waals surface area contributed by atoms with Crippen LogP contribution >= 0.6 is 0 Å². The van der Waals surface area contributed by atoms with Gasteiger partial charge >= 0.3 is 12.0 Å². The van der Waals surface area contributed by atoms with Gasteiger partial charge in [-0.25, -0.2) is 9.59 Å². The molecule has 7 nitrogen and oxygen atoms in total. The summed E-state index contributed by atoms with van der Waals surface area (Å²) in [4.78, 5) is 33.4. The van der Waals surface area contributed by atoms with Crippen LogP contribution < -0.4 is 5.32 Å². The number of aliphatic carboxylic acids is 1. The highest BCUT2D eigenvalue weighted by molar-refractivity contribution is 5.84. The number of carboxylic acid groups (broad SMARTS) is 1. The second-order valence-electron chi connectivity index (χ2n) is 5.82. The molecule has 0 aromatic carbocycles. The number of carboxylic acids is 1. The number of ether oxygens (including phenoxy) is 1. The van der Waals surface area contributed by atoms with E-state index in [1.807, 2.05) is 0 Å². The van der Waals surface area contributed by atoms with E-state index in [1.165, 1.54) is 13.5 Å². The number of carbonyl (C=O) groups excluding carboxylic acids is 2. The van der Waals surface area contributed by atoms with Crippen molar-refractivity contribution < 1.29 is 24.2 Å². The Labute approximate surface area is 150 Å². The van der Waals surface area contributed by atoms with Gasteiger partial charge in [0.2, 0.25) is 6.41 Å². The van der Waals surface area contributed by atoms with Crippen molar-refractivity contribution in [3.63, 3.8) is 0 Å². The first-order valence-corrected chi connectivity index (χ1v) is 9.00. The molecule has 0 aromatic rings. The molecule has 0 bridgehead atoms. The molecule has 3 amide bonds. The minimum atomic E-state index is -0.917. The van der Waals surface area contributed by atoms with E-state index in [0.717, 1.165) is 56.3 Å². The summed E-state index contributed by atoms with van der Waals surface area (Å²) in [5.74, 6) is -0.917. The van der Waals surface area contributed by atoms with Crippen LogP contribution in [0, 0.1) is 0 Å². The zero-order valence-electron chi connectivity index (χ0n) is 15.2. The lowest BCUT2D eigenvalue weighted by molar-refractivity contribution is -0.142. The van der Waals surface area contributed by atoms with Crippen molar-refractivity contribution in [2.45, 2.75) is 57.8 Å². The quantitative estimate of drug-likeness (QED) is 0.252. The van der Waals surface area contributed by atoms with Crippen LogP contribution in [0.15, 0.2) is 12.2 Å². The molecule has 0 aliphatic heterocycles. The van der Waals surface area contributed by atoms with Crippen LogP contribution in [0.4, 0.5) is 4.79 Å². The number of hydrogen-bond donors (Lipinski definition) is 2. The second-order valence-corrected chi connectivity index (χ2v) is 5.82. The molecule has 7 heteroatoms. The van der Waals surface area contributed by atoms with E-state index in [2.05, 4.69) is 17.5 Å². The van der Waals surface area contributed by atoms with Gasteiger partial charge in [0, 0.05) is 20.2 Å². The van der Waals surface area contributed by atoms with Gasteiger partial charge in [-0.15, -0.1) is 0 Å². The molecule has 0 atom stereocenters. The average molecular weight is 356 g/mol. The van der Waals surface area contributed by atoms with Gasteiger partial charge in [-0.05, 0) is 38.5 Å². The summed E-state index contributed by atoms with van der Waals surface area (Å²) in [6.07, 6.45) is 14.1.